The minimum absolute atomic E-state index is 0.114. The van der Waals surface area contributed by atoms with Gasteiger partial charge in [0.15, 0.2) is 5.75 Å². The van der Waals surface area contributed by atoms with E-state index in [0.717, 1.165) is 34.7 Å². The molecule has 0 aliphatic carbocycles. The molecule has 2 aromatic rings. The molecule has 0 saturated carbocycles. The number of nitrogens with zero attached hydrogens (tertiary/aromatic N) is 2. The van der Waals surface area contributed by atoms with Crippen LogP contribution in [0.4, 0.5) is 0 Å². The van der Waals surface area contributed by atoms with Crippen molar-refractivity contribution in [2.24, 2.45) is 0 Å². The topological polar surface area (TPSA) is 39.1 Å². The number of hydrogen-bond acceptors (Lipinski definition) is 4. The summed E-state index contributed by atoms with van der Waals surface area (Å²) in [5, 5.41) is 8.01. The van der Waals surface area contributed by atoms with E-state index < -0.39 is 0 Å². The van der Waals surface area contributed by atoms with Crippen LogP contribution < -0.4 is 10.1 Å². The standard InChI is InChI=1S/C14H20BrN3OS/c1-4-8-16-13(11-6-7-12(15)20-11)14-10(19-3)9-17-18(14)5-2/h6-7,9,13,16H,4-5,8H2,1-3H3. The fourth-order valence-electron chi connectivity index (χ4n) is 2.18. The summed E-state index contributed by atoms with van der Waals surface area (Å²) in [7, 11) is 1.70. The molecule has 0 fully saturated rings. The maximum Gasteiger partial charge on any atom is 0.161 e. The molecule has 20 heavy (non-hydrogen) atoms. The average Bonchev–Trinajstić information content (AvgIpc) is 3.06. The van der Waals surface area contributed by atoms with Gasteiger partial charge in [-0.25, -0.2) is 0 Å². The number of rotatable bonds is 7. The van der Waals surface area contributed by atoms with Crippen LogP contribution in [0.3, 0.4) is 0 Å². The minimum atomic E-state index is 0.114. The molecule has 0 bridgehead atoms. The van der Waals surface area contributed by atoms with Crippen LogP contribution in [0.5, 0.6) is 5.75 Å². The normalized spacial score (nSPS) is 12.6. The molecule has 110 valence electrons. The van der Waals surface area contributed by atoms with Gasteiger partial charge in [-0.2, -0.15) is 5.10 Å². The van der Waals surface area contributed by atoms with Crippen LogP contribution in [-0.4, -0.2) is 23.4 Å². The van der Waals surface area contributed by atoms with Gasteiger partial charge in [-0.3, -0.25) is 4.68 Å². The van der Waals surface area contributed by atoms with Gasteiger partial charge in [0.25, 0.3) is 0 Å². The van der Waals surface area contributed by atoms with E-state index in [0.29, 0.717) is 0 Å². The van der Waals surface area contributed by atoms with Crippen molar-refractivity contribution >= 4 is 27.3 Å². The Hall–Kier alpha value is -0.850. The first-order valence-electron chi connectivity index (χ1n) is 6.79. The lowest BCUT2D eigenvalue weighted by Gasteiger charge is -2.19. The largest absolute Gasteiger partial charge is 0.493 e. The van der Waals surface area contributed by atoms with Crippen LogP contribution in [0.25, 0.3) is 0 Å². The van der Waals surface area contributed by atoms with Crippen molar-refractivity contribution in [3.63, 3.8) is 0 Å². The molecule has 0 aliphatic heterocycles. The van der Waals surface area contributed by atoms with E-state index in [9.17, 15) is 0 Å². The summed E-state index contributed by atoms with van der Waals surface area (Å²) in [6.07, 6.45) is 2.88. The number of halogens is 1. The van der Waals surface area contributed by atoms with Gasteiger partial charge in [0.05, 0.1) is 23.1 Å². The third kappa shape index (κ3) is 3.24. The van der Waals surface area contributed by atoms with Gasteiger partial charge in [-0.15, -0.1) is 11.3 Å². The van der Waals surface area contributed by atoms with E-state index in [2.05, 4.69) is 52.3 Å². The molecular weight excluding hydrogens is 338 g/mol. The lowest BCUT2D eigenvalue weighted by atomic mass is 10.1. The van der Waals surface area contributed by atoms with Crippen LogP contribution >= 0.6 is 27.3 Å². The van der Waals surface area contributed by atoms with Gasteiger partial charge >= 0.3 is 0 Å². The fraction of sp³-hybridized carbons (Fsp3) is 0.500. The first-order chi connectivity index (χ1) is 9.71. The van der Waals surface area contributed by atoms with Gasteiger partial charge in [-0.1, -0.05) is 6.92 Å². The third-order valence-electron chi connectivity index (χ3n) is 3.11. The second-order valence-electron chi connectivity index (χ2n) is 4.44. The molecular formula is C14H20BrN3OS. The summed E-state index contributed by atoms with van der Waals surface area (Å²) in [5.74, 6) is 0.838. The van der Waals surface area contributed by atoms with Crippen LogP contribution in [0.15, 0.2) is 22.1 Å². The second kappa shape index (κ2) is 7.24. The maximum absolute atomic E-state index is 5.49. The summed E-state index contributed by atoms with van der Waals surface area (Å²) in [6, 6.07) is 4.34. The summed E-state index contributed by atoms with van der Waals surface area (Å²) in [4.78, 5) is 1.26. The Balaban J connectivity index is 2.42. The first kappa shape index (κ1) is 15.5. The van der Waals surface area contributed by atoms with Crippen molar-refractivity contribution in [1.29, 1.82) is 0 Å². The first-order valence-corrected chi connectivity index (χ1v) is 8.40. The zero-order valence-electron chi connectivity index (χ0n) is 12.0. The van der Waals surface area contributed by atoms with Crippen molar-refractivity contribution in [2.45, 2.75) is 32.9 Å². The second-order valence-corrected chi connectivity index (χ2v) is 6.94. The number of hydrogen-bond donors (Lipinski definition) is 1. The number of aromatic nitrogens is 2. The van der Waals surface area contributed by atoms with Gasteiger partial charge in [0.2, 0.25) is 0 Å². The summed E-state index contributed by atoms with van der Waals surface area (Å²) >= 11 is 5.28. The molecule has 6 heteroatoms. The smallest absolute Gasteiger partial charge is 0.161 e. The molecule has 0 aliphatic rings. The highest BCUT2D eigenvalue weighted by Crippen LogP contribution is 2.35. The molecule has 0 saturated heterocycles. The Morgan fingerprint density at radius 1 is 1.45 bits per heavy atom. The highest BCUT2D eigenvalue weighted by atomic mass is 79.9. The van der Waals surface area contributed by atoms with Gasteiger partial charge in [-0.05, 0) is 48.0 Å². The quantitative estimate of drug-likeness (QED) is 0.818. The van der Waals surface area contributed by atoms with Crippen molar-refractivity contribution in [3.05, 3.63) is 32.7 Å². The molecule has 1 unspecified atom stereocenters. The number of aryl methyl sites for hydroxylation is 1. The Kier molecular flexibility index (Phi) is 5.63. The number of methoxy groups -OCH3 is 1. The molecule has 2 rings (SSSR count). The predicted octanol–water partition coefficient (Wildman–Crippen LogP) is 3.82. The lowest BCUT2D eigenvalue weighted by Crippen LogP contribution is -2.25. The summed E-state index contributed by atoms with van der Waals surface area (Å²) in [6.45, 7) is 6.05. The Bertz CT molecular complexity index is 531. The summed E-state index contributed by atoms with van der Waals surface area (Å²) in [5.41, 5.74) is 1.10. The average molecular weight is 358 g/mol. The van der Waals surface area contributed by atoms with E-state index >= 15 is 0 Å². The Labute approximate surface area is 132 Å². The molecule has 0 spiro atoms. The molecule has 0 aromatic carbocycles. The van der Waals surface area contributed by atoms with Crippen LogP contribution in [0.2, 0.25) is 0 Å². The molecule has 1 N–H and O–H groups in total. The van der Waals surface area contributed by atoms with E-state index in [-0.39, 0.29) is 6.04 Å². The number of nitrogens with one attached hydrogen (secondary N) is 1. The minimum Gasteiger partial charge on any atom is -0.493 e. The van der Waals surface area contributed by atoms with Gasteiger partial charge in [0.1, 0.15) is 5.69 Å². The predicted molar refractivity (Wildman–Crippen MR) is 86.6 cm³/mol. The SMILES string of the molecule is CCCNC(c1ccc(Br)s1)c1c(OC)cnn1CC. The fourth-order valence-corrected chi connectivity index (χ4v) is 3.69. The van der Waals surface area contributed by atoms with Gasteiger partial charge < -0.3 is 10.1 Å². The molecule has 1 atom stereocenters. The third-order valence-corrected chi connectivity index (χ3v) is 4.80. The highest BCUT2D eigenvalue weighted by molar-refractivity contribution is 9.11. The summed E-state index contributed by atoms with van der Waals surface area (Å²) < 4.78 is 8.62. The van der Waals surface area contributed by atoms with Crippen molar-refractivity contribution < 1.29 is 4.74 Å². The van der Waals surface area contributed by atoms with Crippen LogP contribution in [0, 0.1) is 0 Å². The van der Waals surface area contributed by atoms with E-state index in [4.69, 9.17) is 4.74 Å². The van der Waals surface area contributed by atoms with Crippen molar-refractivity contribution in [3.8, 4) is 5.75 Å². The Morgan fingerprint density at radius 2 is 2.25 bits per heavy atom. The van der Waals surface area contributed by atoms with E-state index in [1.165, 1.54) is 4.88 Å². The highest BCUT2D eigenvalue weighted by Gasteiger charge is 2.24. The zero-order valence-corrected chi connectivity index (χ0v) is 14.4. The maximum atomic E-state index is 5.49. The molecule has 2 aromatic heterocycles. The molecule has 4 nitrogen and oxygen atoms in total. The molecule has 0 amide bonds. The van der Waals surface area contributed by atoms with Crippen molar-refractivity contribution in [1.82, 2.24) is 15.1 Å². The van der Waals surface area contributed by atoms with Gasteiger partial charge in [0, 0.05) is 11.4 Å². The van der Waals surface area contributed by atoms with Crippen molar-refractivity contribution in [2.75, 3.05) is 13.7 Å². The van der Waals surface area contributed by atoms with E-state index in [1.54, 1.807) is 24.6 Å². The van der Waals surface area contributed by atoms with Crippen LogP contribution in [-0.2, 0) is 6.54 Å². The van der Waals surface area contributed by atoms with E-state index in [1.807, 2.05) is 4.68 Å². The molecule has 0 radical (unpaired) electrons. The molecule has 2 heterocycles. The monoisotopic (exact) mass is 357 g/mol. The number of ether oxygens (including phenoxy) is 1. The van der Waals surface area contributed by atoms with Crippen LogP contribution in [0.1, 0.15) is 36.9 Å². The zero-order chi connectivity index (χ0) is 14.5. The number of thiophene rings is 1. The Morgan fingerprint density at radius 3 is 2.80 bits per heavy atom. The lowest BCUT2D eigenvalue weighted by molar-refractivity contribution is 0.399.